The lowest BCUT2D eigenvalue weighted by molar-refractivity contribution is -0.143. The van der Waals surface area contributed by atoms with Crippen LogP contribution in [0, 0.1) is 0 Å². The maximum absolute atomic E-state index is 14.0. The SMILES string of the molecule is CCOC(=O)N1c2ccc(OC)nc2[C@@H](NC(c2cc(C(F)(F)F)cc(C(F)(F)F)c2)c2nccc(OCc3ccccc3)n2)C[C@H]1CC. The molecule has 1 amide bonds. The molecule has 4 aromatic rings. The number of hydrogen-bond acceptors (Lipinski definition) is 8. The Kier molecular flexibility index (Phi) is 10.6. The summed E-state index contributed by atoms with van der Waals surface area (Å²) in [6.07, 6.45) is -8.91. The molecule has 5 rings (SSSR count). The number of methoxy groups -OCH3 is 1. The highest BCUT2D eigenvalue weighted by atomic mass is 19.4. The molecule has 0 radical (unpaired) electrons. The van der Waals surface area contributed by atoms with Gasteiger partial charge in [-0.05, 0) is 55.2 Å². The zero-order chi connectivity index (χ0) is 35.3. The van der Waals surface area contributed by atoms with Crippen molar-refractivity contribution in [3.63, 3.8) is 0 Å². The normalized spacial score (nSPS) is 16.9. The maximum Gasteiger partial charge on any atom is 0.416 e. The number of ether oxygens (including phenoxy) is 3. The topological polar surface area (TPSA) is 98.7 Å². The minimum absolute atomic E-state index is 0.0485. The Labute approximate surface area is 278 Å². The van der Waals surface area contributed by atoms with Crippen LogP contribution in [0.4, 0.5) is 36.8 Å². The fourth-order valence-electron chi connectivity index (χ4n) is 5.62. The minimum Gasteiger partial charge on any atom is -0.481 e. The van der Waals surface area contributed by atoms with E-state index in [1.807, 2.05) is 37.3 Å². The average molecular weight is 690 g/mol. The molecule has 1 aliphatic heterocycles. The van der Waals surface area contributed by atoms with E-state index in [4.69, 9.17) is 14.2 Å². The Morgan fingerprint density at radius 1 is 0.939 bits per heavy atom. The van der Waals surface area contributed by atoms with Crippen molar-refractivity contribution in [2.45, 2.75) is 63.8 Å². The van der Waals surface area contributed by atoms with E-state index in [2.05, 4.69) is 20.3 Å². The summed E-state index contributed by atoms with van der Waals surface area (Å²) in [5.74, 6) is 0.0719. The molecule has 3 atom stereocenters. The summed E-state index contributed by atoms with van der Waals surface area (Å²) < 4.78 is 101. The first-order valence-corrected chi connectivity index (χ1v) is 15.4. The van der Waals surface area contributed by atoms with Crippen LogP contribution in [-0.2, 0) is 23.7 Å². The van der Waals surface area contributed by atoms with E-state index in [9.17, 15) is 31.1 Å². The van der Waals surface area contributed by atoms with Gasteiger partial charge >= 0.3 is 18.4 Å². The molecule has 0 aliphatic carbocycles. The van der Waals surface area contributed by atoms with Crippen molar-refractivity contribution in [1.29, 1.82) is 0 Å². The van der Waals surface area contributed by atoms with Gasteiger partial charge in [-0.15, -0.1) is 0 Å². The zero-order valence-corrected chi connectivity index (χ0v) is 26.7. The van der Waals surface area contributed by atoms with Crippen LogP contribution >= 0.6 is 0 Å². The molecule has 1 N–H and O–H groups in total. The van der Waals surface area contributed by atoms with Crippen LogP contribution in [0.3, 0.4) is 0 Å². The number of halogens is 6. The predicted octanol–water partition coefficient (Wildman–Crippen LogP) is 8.06. The van der Waals surface area contributed by atoms with Gasteiger partial charge < -0.3 is 14.2 Å². The summed E-state index contributed by atoms with van der Waals surface area (Å²) in [6, 6.07) is 12.3. The summed E-state index contributed by atoms with van der Waals surface area (Å²) in [4.78, 5) is 27.8. The van der Waals surface area contributed by atoms with Crippen molar-refractivity contribution in [2.75, 3.05) is 18.6 Å². The largest absolute Gasteiger partial charge is 0.481 e. The summed E-state index contributed by atoms with van der Waals surface area (Å²) in [5, 5.41) is 3.20. The second-order valence-electron chi connectivity index (χ2n) is 11.1. The van der Waals surface area contributed by atoms with Gasteiger partial charge in [0.15, 0.2) is 5.82 Å². The third-order valence-corrected chi connectivity index (χ3v) is 7.93. The van der Waals surface area contributed by atoms with Crippen molar-refractivity contribution in [1.82, 2.24) is 20.3 Å². The minimum atomic E-state index is -5.10. The van der Waals surface area contributed by atoms with Crippen LogP contribution < -0.4 is 19.7 Å². The summed E-state index contributed by atoms with van der Waals surface area (Å²) in [7, 11) is 1.39. The zero-order valence-electron chi connectivity index (χ0n) is 26.7. The second kappa shape index (κ2) is 14.7. The van der Waals surface area contributed by atoms with Gasteiger partial charge in [0.2, 0.25) is 11.8 Å². The molecule has 49 heavy (non-hydrogen) atoms. The Balaban J connectivity index is 1.64. The first-order valence-electron chi connectivity index (χ1n) is 15.4. The number of rotatable bonds is 10. The molecule has 15 heteroatoms. The number of benzene rings is 2. The van der Waals surface area contributed by atoms with Crippen LogP contribution in [0.2, 0.25) is 0 Å². The Morgan fingerprint density at radius 2 is 1.63 bits per heavy atom. The molecule has 260 valence electrons. The maximum atomic E-state index is 14.0. The van der Waals surface area contributed by atoms with E-state index in [1.165, 1.54) is 30.3 Å². The molecule has 2 aromatic heterocycles. The van der Waals surface area contributed by atoms with Gasteiger partial charge in [0.05, 0.1) is 48.3 Å². The summed E-state index contributed by atoms with van der Waals surface area (Å²) >= 11 is 0. The quantitative estimate of drug-likeness (QED) is 0.167. The van der Waals surface area contributed by atoms with E-state index in [0.717, 1.165) is 5.56 Å². The van der Waals surface area contributed by atoms with Crippen LogP contribution in [0.15, 0.2) is 72.9 Å². The summed E-state index contributed by atoms with van der Waals surface area (Å²) in [6.45, 7) is 3.70. The molecule has 0 fully saturated rings. The molecule has 0 saturated carbocycles. The van der Waals surface area contributed by atoms with Crippen molar-refractivity contribution in [3.8, 4) is 11.8 Å². The van der Waals surface area contributed by atoms with Gasteiger partial charge in [0.1, 0.15) is 6.61 Å². The number of alkyl halides is 6. The average Bonchev–Trinajstić information content (AvgIpc) is 3.08. The standard InChI is InChI=1S/C34H33F6N5O4/c1-4-24-18-25(30-26(11-12-27(43-30)47-3)45(24)32(46)48-5-2)42-29(21-15-22(33(35,36)37)17-23(16-21)34(38,39)40)31-41-14-13-28(44-31)49-19-20-9-7-6-8-10-20/h6-17,24-25,29,42H,4-5,18-19H2,1-3H3/t24-,25+,29?/m1/s1. The van der Waals surface area contributed by atoms with Gasteiger partial charge in [-0.2, -0.15) is 31.3 Å². The van der Waals surface area contributed by atoms with Crippen molar-refractivity contribution >= 4 is 11.8 Å². The van der Waals surface area contributed by atoms with E-state index in [-0.39, 0.29) is 49.0 Å². The van der Waals surface area contributed by atoms with Gasteiger partial charge in [0, 0.05) is 24.4 Å². The highest BCUT2D eigenvalue weighted by Gasteiger charge is 2.41. The molecule has 0 bridgehead atoms. The van der Waals surface area contributed by atoms with Gasteiger partial charge in [-0.3, -0.25) is 10.2 Å². The fourth-order valence-corrected chi connectivity index (χ4v) is 5.62. The lowest BCUT2D eigenvalue weighted by Gasteiger charge is -2.40. The Morgan fingerprint density at radius 3 is 2.24 bits per heavy atom. The molecule has 1 unspecified atom stereocenters. The van der Waals surface area contributed by atoms with Gasteiger partial charge in [0.25, 0.3) is 0 Å². The van der Waals surface area contributed by atoms with E-state index < -0.39 is 53.3 Å². The van der Waals surface area contributed by atoms with E-state index in [0.29, 0.717) is 24.2 Å². The van der Waals surface area contributed by atoms with Crippen molar-refractivity contribution in [2.24, 2.45) is 0 Å². The molecular weight excluding hydrogens is 656 g/mol. The highest BCUT2D eigenvalue weighted by Crippen LogP contribution is 2.42. The van der Waals surface area contributed by atoms with Crippen molar-refractivity contribution in [3.05, 3.63) is 107 Å². The number of carbonyl (C=O) groups is 1. The van der Waals surface area contributed by atoms with E-state index >= 15 is 0 Å². The number of pyridine rings is 1. The summed E-state index contributed by atoms with van der Waals surface area (Å²) in [5.41, 5.74) is -1.97. The number of aromatic nitrogens is 3. The van der Waals surface area contributed by atoms with Crippen LogP contribution in [0.25, 0.3) is 0 Å². The number of hydrogen-bond donors (Lipinski definition) is 1. The van der Waals surface area contributed by atoms with Crippen LogP contribution in [0.5, 0.6) is 11.8 Å². The molecule has 0 saturated heterocycles. The van der Waals surface area contributed by atoms with Crippen LogP contribution in [-0.4, -0.2) is 40.8 Å². The van der Waals surface area contributed by atoms with Gasteiger partial charge in [-0.25, -0.2) is 14.8 Å². The number of anilines is 1. The third kappa shape index (κ3) is 8.21. The van der Waals surface area contributed by atoms with Crippen molar-refractivity contribution < 1.29 is 45.3 Å². The Bertz CT molecular complexity index is 1720. The first kappa shape index (κ1) is 35.4. The smallest absolute Gasteiger partial charge is 0.416 e. The number of nitrogens with one attached hydrogen (secondary N) is 1. The monoisotopic (exact) mass is 689 g/mol. The molecule has 2 aromatic carbocycles. The highest BCUT2D eigenvalue weighted by molar-refractivity contribution is 5.90. The molecular formula is C34H33F6N5O4. The number of fused-ring (bicyclic) bond motifs is 1. The predicted molar refractivity (Wildman–Crippen MR) is 166 cm³/mol. The number of nitrogens with zero attached hydrogens (tertiary/aromatic N) is 4. The molecule has 3 heterocycles. The number of carbonyl (C=O) groups excluding carboxylic acids is 1. The molecule has 1 aliphatic rings. The second-order valence-corrected chi connectivity index (χ2v) is 11.1. The molecule has 0 spiro atoms. The lowest BCUT2D eigenvalue weighted by atomic mass is 9.91. The Hall–Kier alpha value is -4.92. The van der Waals surface area contributed by atoms with Crippen LogP contribution in [0.1, 0.15) is 72.5 Å². The fraction of sp³-hybridized carbons (Fsp3) is 0.353. The van der Waals surface area contributed by atoms with Gasteiger partial charge in [-0.1, -0.05) is 37.3 Å². The lowest BCUT2D eigenvalue weighted by Crippen LogP contribution is -2.48. The van der Waals surface area contributed by atoms with E-state index in [1.54, 1.807) is 13.0 Å². The number of amides is 1. The first-order chi connectivity index (χ1) is 23.3. The third-order valence-electron chi connectivity index (χ3n) is 7.93. The molecule has 9 nitrogen and oxygen atoms in total.